The summed E-state index contributed by atoms with van der Waals surface area (Å²) in [4.78, 5) is 14.6. The molecule has 0 radical (unpaired) electrons. The molecule has 0 spiro atoms. The summed E-state index contributed by atoms with van der Waals surface area (Å²) in [5.41, 5.74) is 2.41. The zero-order valence-electron chi connectivity index (χ0n) is 8.75. The van der Waals surface area contributed by atoms with E-state index in [1.807, 2.05) is 25.1 Å². The first-order valence-corrected chi connectivity index (χ1v) is 5.67. The molecule has 1 aromatic heterocycles. The summed E-state index contributed by atoms with van der Waals surface area (Å²) in [5.74, 6) is -0.142. The highest BCUT2D eigenvalue weighted by atomic mass is 79.9. The Kier molecular flexibility index (Phi) is 3.10. The second-order valence-electron chi connectivity index (χ2n) is 3.47. The minimum absolute atomic E-state index is 0.142. The normalized spacial score (nSPS) is 10.1. The summed E-state index contributed by atoms with van der Waals surface area (Å²) in [7, 11) is 0. The average Bonchev–Trinajstić information content (AvgIpc) is 2.78. The number of carbonyl (C=O) groups is 1. The van der Waals surface area contributed by atoms with Gasteiger partial charge in [0.1, 0.15) is 5.69 Å². The summed E-state index contributed by atoms with van der Waals surface area (Å²) in [6.07, 6.45) is 1.72. The van der Waals surface area contributed by atoms with E-state index in [-0.39, 0.29) is 5.91 Å². The maximum Gasteiger partial charge on any atom is 0.272 e. The van der Waals surface area contributed by atoms with E-state index in [2.05, 4.69) is 26.2 Å². The maximum atomic E-state index is 11.8. The highest BCUT2D eigenvalue weighted by molar-refractivity contribution is 9.10. The number of hydrogen-bond acceptors (Lipinski definition) is 1. The lowest BCUT2D eigenvalue weighted by molar-refractivity contribution is 0.102. The van der Waals surface area contributed by atoms with Gasteiger partial charge in [-0.1, -0.05) is 12.1 Å². The summed E-state index contributed by atoms with van der Waals surface area (Å²) in [6, 6.07) is 9.27. The number of rotatable bonds is 2. The third kappa shape index (κ3) is 2.17. The third-order valence-corrected chi connectivity index (χ3v) is 3.34. The molecule has 4 heteroatoms. The van der Waals surface area contributed by atoms with Crippen LogP contribution in [-0.4, -0.2) is 10.9 Å². The molecule has 0 unspecified atom stereocenters. The van der Waals surface area contributed by atoms with E-state index >= 15 is 0 Å². The van der Waals surface area contributed by atoms with E-state index in [1.54, 1.807) is 18.3 Å². The molecule has 1 aromatic carbocycles. The topological polar surface area (TPSA) is 44.9 Å². The second-order valence-corrected chi connectivity index (χ2v) is 4.27. The van der Waals surface area contributed by atoms with Crippen LogP contribution in [0.4, 0.5) is 5.69 Å². The van der Waals surface area contributed by atoms with Gasteiger partial charge in [-0.05, 0) is 46.6 Å². The van der Waals surface area contributed by atoms with Crippen molar-refractivity contribution in [2.24, 2.45) is 0 Å². The Hall–Kier alpha value is -1.55. The molecule has 1 heterocycles. The van der Waals surface area contributed by atoms with Crippen molar-refractivity contribution in [3.05, 3.63) is 52.3 Å². The van der Waals surface area contributed by atoms with Crippen LogP contribution >= 0.6 is 15.9 Å². The van der Waals surface area contributed by atoms with Crippen molar-refractivity contribution in [2.75, 3.05) is 5.32 Å². The molecule has 0 aliphatic heterocycles. The second kappa shape index (κ2) is 4.53. The molecule has 0 bridgehead atoms. The number of H-pyrrole nitrogens is 1. The fourth-order valence-electron chi connectivity index (χ4n) is 1.41. The fourth-order valence-corrected chi connectivity index (χ4v) is 1.77. The van der Waals surface area contributed by atoms with Crippen molar-refractivity contribution >= 4 is 27.5 Å². The van der Waals surface area contributed by atoms with Crippen LogP contribution in [-0.2, 0) is 0 Å². The molecular formula is C12H11BrN2O. The Morgan fingerprint density at radius 3 is 2.81 bits per heavy atom. The predicted octanol–water partition coefficient (Wildman–Crippen LogP) is 3.34. The molecule has 2 N–H and O–H groups in total. The van der Waals surface area contributed by atoms with Gasteiger partial charge in [0.05, 0.1) is 5.69 Å². The Balaban J connectivity index is 2.22. The first kappa shape index (κ1) is 11.0. The standard InChI is InChI=1S/C12H11BrN2O/c1-8-4-2-5-9(11(8)13)15-12(16)10-6-3-7-14-10/h2-7,14H,1H3,(H,15,16). The van der Waals surface area contributed by atoms with Crippen LogP contribution in [0.25, 0.3) is 0 Å². The SMILES string of the molecule is Cc1cccc(NC(=O)c2ccc[nH]2)c1Br. The van der Waals surface area contributed by atoms with E-state index in [9.17, 15) is 4.79 Å². The zero-order valence-corrected chi connectivity index (χ0v) is 10.3. The lowest BCUT2D eigenvalue weighted by Gasteiger charge is -2.08. The maximum absolute atomic E-state index is 11.8. The molecule has 0 aliphatic carbocycles. The van der Waals surface area contributed by atoms with E-state index in [0.29, 0.717) is 5.69 Å². The average molecular weight is 279 g/mol. The van der Waals surface area contributed by atoms with Gasteiger partial charge in [-0.15, -0.1) is 0 Å². The van der Waals surface area contributed by atoms with Gasteiger partial charge in [0.15, 0.2) is 0 Å². The van der Waals surface area contributed by atoms with Gasteiger partial charge in [0.25, 0.3) is 5.91 Å². The van der Waals surface area contributed by atoms with Crippen LogP contribution < -0.4 is 5.32 Å². The minimum Gasteiger partial charge on any atom is -0.357 e. The van der Waals surface area contributed by atoms with Crippen LogP contribution in [0.3, 0.4) is 0 Å². The molecule has 0 saturated carbocycles. The number of halogens is 1. The smallest absolute Gasteiger partial charge is 0.272 e. The van der Waals surface area contributed by atoms with E-state index in [4.69, 9.17) is 0 Å². The summed E-state index contributed by atoms with van der Waals surface area (Å²) in [6.45, 7) is 1.98. The van der Waals surface area contributed by atoms with Crippen molar-refractivity contribution in [3.8, 4) is 0 Å². The monoisotopic (exact) mass is 278 g/mol. The third-order valence-electron chi connectivity index (χ3n) is 2.28. The lowest BCUT2D eigenvalue weighted by Crippen LogP contribution is -2.12. The Bertz CT molecular complexity index is 506. The number of aromatic amines is 1. The van der Waals surface area contributed by atoms with Crippen molar-refractivity contribution in [1.82, 2.24) is 4.98 Å². The molecule has 0 fully saturated rings. The zero-order chi connectivity index (χ0) is 11.5. The molecule has 2 aromatic rings. The molecule has 82 valence electrons. The fraction of sp³-hybridized carbons (Fsp3) is 0.0833. The highest BCUT2D eigenvalue weighted by Gasteiger charge is 2.09. The van der Waals surface area contributed by atoms with Crippen LogP contribution in [0.1, 0.15) is 16.1 Å². The Labute approximate surface area is 102 Å². The van der Waals surface area contributed by atoms with Gasteiger partial charge in [-0.2, -0.15) is 0 Å². The molecule has 16 heavy (non-hydrogen) atoms. The molecule has 0 saturated heterocycles. The molecular weight excluding hydrogens is 268 g/mol. The largest absolute Gasteiger partial charge is 0.357 e. The summed E-state index contributed by atoms with van der Waals surface area (Å²) >= 11 is 3.45. The first-order valence-electron chi connectivity index (χ1n) is 4.88. The number of anilines is 1. The van der Waals surface area contributed by atoms with Crippen molar-refractivity contribution < 1.29 is 4.79 Å². The number of benzene rings is 1. The van der Waals surface area contributed by atoms with Gasteiger partial charge < -0.3 is 10.3 Å². The van der Waals surface area contributed by atoms with Crippen LogP contribution in [0.2, 0.25) is 0 Å². The Morgan fingerprint density at radius 2 is 2.12 bits per heavy atom. The van der Waals surface area contributed by atoms with Crippen LogP contribution in [0.5, 0.6) is 0 Å². The van der Waals surface area contributed by atoms with Gasteiger partial charge in [0, 0.05) is 10.7 Å². The van der Waals surface area contributed by atoms with Crippen molar-refractivity contribution in [2.45, 2.75) is 6.92 Å². The number of carbonyl (C=O) groups excluding carboxylic acids is 1. The molecule has 1 amide bonds. The van der Waals surface area contributed by atoms with E-state index in [0.717, 1.165) is 15.7 Å². The van der Waals surface area contributed by atoms with Gasteiger partial charge in [0.2, 0.25) is 0 Å². The van der Waals surface area contributed by atoms with E-state index in [1.165, 1.54) is 0 Å². The van der Waals surface area contributed by atoms with Crippen LogP contribution in [0, 0.1) is 6.92 Å². The molecule has 2 rings (SSSR count). The highest BCUT2D eigenvalue weighted by Crippen LogP contribution is 2.25. The quantitative estimate of drug-likeness (QED) is 0.870. The number of amides is 1. The number of hydrogen-bond donors (Lipinski definition) is 2. The van der Waals surface area contributed by atoms with Crippen LogP contribution in [0.15, 0.2) is 41.0 Å². The van der Waals surface area contributed by atoms with Gasteiger partial charge >= 0.3 is 0 Å². The molecule has 0 atom stereocenters. The Morgan fingerprint density at radius 1 is 1.31 bits per heavy atom. The minimum atomic E-state index is -0.142. The lowest BCUT2D eigenvalue weighted by atomic mass is 10.2. The van der Waals surface area contributed by atoms with E-state index < -0.39 is 0 Å². The van der Waals surface area contributed by atoms with Crippen molar-refractivity contribution in [1.29, 1.82) is 0 Å². The summed E-state index contributed by atoms with van der Waals surface area (Å²) in [5, 5.41) is 2.84. The molecule has 3 nitrogen and oxygen atoms in total. The van der Waals surface area contributed by atoms with Gasteiger partial charge in [-0.3, -0.25) is 4.79 Å². The number of aromatic nitrogens is 1. The molecule has 0 aliphatic rings. The first-order chi connectivity index (χ1) is 7.68. The van der Waals surface area contributed by atoms with Gasteiger partial charge in [-0.25, -0.2) is 0 Å². The predicted molar refractivity (Wildman–Crippen MR) is 67.6 cm³/mol. The number of aryl methyl sites for hydroxylation is 1. The van der Waals surface area contributed by atoms with Crippen molar-refractivity contribution in [3.63, 3.8) is 0 Å². The number of nitrogens with one attached hydrogen (secondary N) is 2. The summed E-state index contributed by atoms with van der Waals surface area (Å²) < 4.78 is 0.912.